The third kappa shape index (κ3) is 5.46. The van der Waals surface area contributed by atoms with E-state index in [1.165, 1.54) is 18.9 Å². The summed E-state index contributed by atoms with van der Waals surface area (Å²) in [6, 6.07) is 10.3. The number of nitrogens with zero attached hydrogens (tertiary/aromatic N) is 5. The first-order valence-electron chi connectivity index (χ1n) is 13.7. The van der Waals surface area contributed by atoms with Gasteiger partial charge in [-0.1, -0.05) is 18.2 Å². The van der Waals surface area contributed by atoms with Gasteiger partial charge < -0.3 is 15.5 Å². The maximum atomic E-state index is 14.6. The number of fused-ring (bicyclic) bond motifs is 1. The molecule has 0 atom stereocenters. The Morgan fingerprint density at radius 3 is 2.80 bits per heavy atom. The molecule has 41 heavy (non-hydrogen) atoms. The van der Waals surface area contributed by atoms with Crippen molar-refractivity contribution in [3.05, 3.63) is 83.1 Å². The summed E-state index contributed by atoms with van der Waals surface area (Å²) in [6.07, 6.45) is 13.0. The molecule has 0 bridgehead atoms. The number of pyridine rings is 2. The van der Waals surface area contributed by atoms with Crippen molar-refractivity contribution in [2.24, 2.45) is 5.73 Å². The van der Waals surface area contributed by atoms with E-state index in [4.69, 9.17) is 15.5 Å². The normalized spacial score (nSPS) is 15.3. The lowest BCUT2D eigenvalue weighted by molar-refractivity contribution is 0.237. The van der Waals surface area contributed by atoms with Crippen LogP contribution in [-0.4, -0.2) is 61.3 Å². The van der Waals surface area contributed by atoms with E-state index >= 15 is 0 Å². The Kier molecular flexibility index (Phi) is 7.55. The highest BCUT2D eigenvalue weighted by atomic mass is 19.1. The Morgan fingerprint density at radius 2 is 2.00 bits per heavy atom. The number of halogens is 1. The molecule has 0 amide bonds. The molecule has 0 spiro atoms. The predicted octanol–water partition coefficient (Wildman–Crippen LogP) is 3.60. The lowest BCUT2D eigenvalue weighted by Gasteiger charge is -2.15. The minimum Gasteiger partial charge on any atom is -0.491 e. The topological polar surface area (TPSA) is 122 Å². The van der Waals surface area contributed by atoms with Gasteiger partial charge in [0.05, 0.1) is 17.1 Å². The largest absolute Gasteiger partial charge is 0.491 e. The molecule has 5 heterocycles. The summed E-state index contributed by atoms with van der Waals surface area (Å²) in [7, 11) is 0. The van der Waals surface area contributed by atoms with Crippen LogP contribution in [0.15, 0.2) is 61.2 Å². The van der Waals surface area contributed by atoms with Crippen LogP contribution in [0.5, 0.6) is 5.75 Å². The molecule has 1 aliphatic heterocycles. The number of likely N-dealkylation sites (tertiary alicyclic amines) is 1. The van der Waals surface area contributed by atoms with Crippen LogP contribution in [0.2, 0.25) is 0 Å². The van der Waals surface area contributed by atoms with Crippen LogP contribution in [0.3, 0.4) is 0 Å². The molecule has 1 saturated heterocycles. The van der Waals surface area contributed by atoms with Crippen LogP contribution < -0.4 is 21.0 Å². The number of ether oxygens (including phenoxy) is 1. The number of benzene rings is 1. The third-order valence-electron chi connectivity index (χ3n) is 7.28. The molecule has 4 N–H and O–H groups in total. The fraction of sp³-hybridized carbons (Fsp3) is 0.226. The zero-order chi connectivity index (χ0) is 28.2. The molecule has 208 valence electrons. The molecule has 1 fully saturated rings. The molecule has 5 aromatic rings. The van der Waals surface area contributed by atoms with Crippen LogP contribution in [0.25, 0.3) is 51.5 Å². The average molecular weight is 551 g/mol. The average Bonchev–Trinajstić information content (AvgIpc) is 3.76. The second-order valence-electron chi connectivity index (χ2n) is 9.88. The Balaban J connectivity index is 1.35. The van der Waals surface area contributed by atoms with Crippen molar-refractivity contribution in [3.8, 4) is 28.5 Å². The maximum Gasteiger partial charge on any atom is 0.159 e. The fourth-order valence-electron chi connectivity index (χ4n) is 5.15. The van der Waals surface area contributed by atoms with Crippen molar-refractivity contribution in [3.63, 3.8) is 0 Å². The number of allylic oxidation sites excluding steroid dienone is 1. The first kappa shape index (κ1) is 26.4. The van der Waals surface area contributed by atoms with Crippen molar-refractivity contribution in [2.45, 2.75) is 19.8 Å². The summed E-state index contributed by atoms with van der Waals surface area (Å²) < 4.78 is 20.6. The van der Waals surface area contributed by atoms with Gasteiger partial charge in [0.1, 0.15) is 35.1 Å². The zero-order valence-electron chi connectivity index (χ0n) is 22.8. The van der Waals surface area contributed by atoms with Crippen LogP contribution in [-0.2, 0) is 0 Å². The summed E-state index contributed by atoms with van der Waals surface area (Å²) in [5, 5.41) is 9.24. The molecular formula is C31H31FN8O. The van der Waals surface area contributed by atoms with Gasteiger partial charge in [-0.25, -0.2) is 9.37 Å². The van der Waals surface area contributed by atoms with Gasteiger partial charge in [0.15, 0.2) is 5.82 Å². The number of aromatic nitrogens is 6. The van der Waals surface area contributed by atoms with Crippen LogP contribution >= 0.6 is 0 Å². The number of hydrogen-bond donors (Lipinski definition) is 3. The lowest BCUT2D eigenvalue weighted by Crippen LogP contribution is -2.25. The quantitative estimate of drug-likeness (QED) is 0.270. The van der Waals surface area contributed by atoms with Crippen LogP contribution in [0, 0.1) is 5.82 Å². The zero-order valence-corrected chi connectivity index (χ0v) is 22.8. The van der Waals surface area contributed by atoms with Crippen molar-refractivity contribution in [1.29, 1.82) is 0 Å². The van der Waals surface area contributed by atoms with Gasteiger partial charge >= 0.3 is 0 Å². The summed E-state index contributed by atoms with van der Waals surface area (Å²) in [4.78, 5) is 19.4. The molecule has 0 unspecified atom stereocenters. The SMILES string of the molecule is C\C=c1/[nH]nc(-c2nc3c(-c4ccccc4F)nccc3[nH]2)/c1=C/C(=C\N)c1cncc(OCCN2CCCC2)c1. The van der Waals surface area contributed by atoms with Gasteiger partial charge in [0.2, 0.25) is 0 Å². The van der Waals surface area contributed by atoms with Crippen LogP contribution in [0.4, 0.5) is 4.39 Å². The second-order valence-corrected chi connectivity index (χ2v) is 9.88. The number of nitrogens with two attached hydrogens (primary N) is 1. The van der Waals surface area contributed by atoms with Crippen molar-refractivity contribution in [2.75, 3.05) is 26.2 Å². The predicted molar refractivity (Wildman–Crippen MR) is 158 cm³/mol. The Labute approximate surface area is 236 Å². The number of H-pyrrole nitrogens is 2. The minimum atomic E-state index is -0.359. The summed E-state index contributed by atoms with van der Waals surface area (Å²) in [5.41, 5.74) is 10.4. The minimum absolute atomic E-state index is 0.359. The molecule has 0 aliphatic carbocycles. The standard InChI is InChI=1S/C31H31FN8O/c1-2-26-24(16-20(17-33)21-15-22(19-34-18-21)41-14-13-40-11-5-6-12-40)29(39-38-26)31-36-27-9-10-35-28(30(27)37-31)23-7-3-4-8-25(23)32/h2-4,7-10,15-19,38H,5-6,11-14,33H2,1H3,(H,36,37)/b20-17+,24-16+,26-2-. The van der Waals surface area contributed by atoms with Crippen molar-refractivity contribution >= 4 is 28.8 Å². The van der Waals surface area contributed by atoms with E-state index in [1.54, 1.807) is 43.0 Å². The van der Waals surface area contributed by atoms with E-state index in [9.17, 15) is 4.39 Å². The van der Waals surface area contributed by atoms with Gasteiger partial charge in [-0.3, -0.25) is 20.0 Å². The second kappa shape index (κ2) is 11.7. The van der Waals surface area contributed by atoms with Gasteiger partial charge in [-0.2, -0.15) is 5.10 Å². The van der Waals surface area contributed by atoms with Crippen LogP contribution in [0.1, 0.15) is 25.3 Å². The molecule has 6 rings (SSSR count). The number of aromatic amines is 2. The van der Waals surface area contributed by atoms with Gasteiger partial charge in [-0.05, 0) is 68.8 Å². The smallest absolute Gasteiger partial charge is 0.159 e. The summed E-state index contributed by atoms with van der Waals surface area (Å²) in [5.74, 6) is 0.853. The first-order valence-corrected chi connectivity index (χ1v) is 13.7. The van der Waals surface area contributed by atoms with E-state index < -0.39 is 0 Å². The highest BCUT2D eigenvalue weighted by molar-refractivity contribution is 5.92. The lowest BCUT2D eigenvalue weighted by atomic mass is 10.1. The van der Waals surface area contributed by atoms with E-state index in [1.807, 2.05) is 31.2 Å². The number of imidazole rings is 1. The summed E-state index contributed by atoms with van der Waals surface area (Å²) in [6.45, 7) is 5.69. The number of hydrogen-bond acceptors (Lipinski definition) is 7. The third-order valence-corrected chi connectivity index (χ3v) is 7.28. The van der Waals surface area contributed by atoms with E-state index in [0.717, 1.165) is 46.9 Å². The molecule has 9 nitrogen and oxygen atoms in total. The molecular weight excluding hydrogens is 519 g/mol. The number of nitrogens with one attached hydrogen (secondary N) is 2. The van der Waals surface area contributed by atoms with Gasteiger partial charge in [0, 0.05) is 41.5 Å². The molecule has 4 aromatic heterocycles. The Hall–Kier alpha value is -4.83. The highest BCUT2D eigenvalue weighted by Crippen LogP contribution is 2.28. The van der Waals surface area contributed by atoms with Gasteiger partial charge in [0.25, 0.3) is 0 Å². The van der Waals surface area contributed by atoms with E-state index in [-0.39, 0.29) is 5.82 Å². The van der Waals surface area contributed by atoms with Gasteiger partial charge in [-0.15, -0.1) is 0 Å². The highest BCUT2D eigenvalue weighted by Gasteiger charge is 2.17. The summed E-state index contributed by atoms with van der Waals surface area (Å²) >= 11 is 0. The molecule has 10 heteroatoms. The molecule has 1 aliphatic rings. The molecule has 0 saturated carbocycles. The Bertz CT molecular complexity index is 1830. The Morgan fingerprint density at radius 1 is 1.15 bits per heavy atom. The van der Waals surface area contributed by atoms with E-state index in [2.05, 4.69) is 30.0 Å². The maximum absolute atomic E-state index is 14.6. The van der Waals surface area contributed by atoms with E-state index in [0.29, 0.717) is 40.6 Å². The monoisotopic (exact) mass is 550 g/mol. The molecule has 1 aromatic carbocycles. The fourth-order valence-corrected chi connectivity index (χ4v) is 5.15. The number of rotatable bonds is 8. The van der Waals surface area contributed by atoms with Crippen molar-refractivity contribution < 1.29 is 9.13 Å². The first-order chi connectivity index (χ1) is 20.1. The molecule has 0 radical (unpaired) electrons. The van der Waals surface area contributed by atoms with Crippen molar-refractivity contribution in [1.82, 2.24) is 35.0 Å².